The lowest BCUT2D eigenvalue weighted by molar-refractivity contribution is -0.156. The summed E-state index contributed by atoms with van der Waals surface area (Å²) >= 11 is 0. The molecule has 5 nitrogen and oxygen atoms in total. The number of nitriles is 1. The number of amides is 1. The van der Waals surface area contributed by atoms with Crippen LogP contribution in [-0.2, 0) is 20.7 Å². The average Bonchev–Trinajstić information content (AvgIpc) is 2.79. The summed E-state index contributed by atoms with van der Waals surface area (Å²) in [5.74, 6) is -0.436. The third-order valence-corrected chi connectivity index (χ3v) is 5.65. The second kappa shape index (κ2) is 10.6. The Morgan fingerprint density at radius 3 is 2.39 bits per heavy atom. The number of esters is 1. The number of ether oxygens (including phenoxy) is 1. The van der Waals surface area contributed by atoms with E-state index in [0.29, 0.717) is 19.0 Å². The van der Waals surface area contributed by atoms with Gasteiger partial charge in [-0.3, -0.25) is 4.79 Å². The van der Waals surface area contributed by atoms with Crippen molar-refractivity contribution in [2.75, 3.05) is 13.1 Å². The van der Waals surface area contributed by atoms with Crippen LogP contribution in [0, 0.1) is 24.2 Å². The van der Waals surface area contributed by atoms with Gasteiger partial charge in [-0.1, -0.05) is 60.2 Å². The molecule has 0 unspecified atom stereocenters. The highest BCUT2D eigenvalue weighted by Crippen LogP contribution is 2.22. The molecule has 0 saturated carbocycles. The fourth-order valence-electron chi connectivity index (χ4n) is 3.80. The van der Waals surface area contributed by atoms with Gasteiger partial charge in [-0.15, -0.1) is 0 Å². The van der Waals surface area contributed by atoms with Crippen LogP contribution in [0.1, 0.15) is 36.5 Å². The average molecular weight is 417 g/mol. The van der Waals surface area contributed by atoms with E-state index in [1.54, 1.807) is 11.8 Å². The molecule has 1 aliphatic rings. The summed E-state index contributed by atoms with van der Waals surface area (Å²) < 4.78 is 5.32. The largest absolute Gasteiger partial charge is 0.448 e. The van der Waals surface area contributed by atoms with Crippen LogP contribution in [0.15, 0.2) is 60.2 Å². The molecule has 2 aromatic rings. The topological polar surface area (TPSA) is 70.4 Å². The fraction of sp³-hybridized carbons (Fsp3) is 0.346. The first-order valence-corrected chi connectivity index (χ1v) is 10.7. The van der Waals surface area contributed by atoms with E-state index in [0.717, 1.165) is 30.4 Å². The Bertz CT molecular complexity index is 966. The summed E-state index contributed by atoms with van der Waals surface area (Å²) in [7, 11) is 0. The third-order valence-electron chi connectivity index (χ3n) is 5.65. The maximum absolute atomic E-state index is 12.8. The Balaban J connectivity index is 1.52. The number of aryl methyl sites for hydroxylation is 1. The first-order valence-electron chi connectivity index (χ1n) is 10.7. The van der Waals surface area contributed by atoms with Crippen LogP contribution >= 0.6 is 0 Å². The summed E-state index contributed by atoms with van der Waals surface area (Å²) in [4.78, 5) is 26.9. The van der Waals surface area contributed by atoms with E-state index in [4.69, 9.17) is 4.74 Å². The fourth-order valence-corrected chi connectivity index (χ4v) is 3.80. The minimum atomic E-state index is -0.923. The van der Waals surface area contributed by atoms with Gasteiger partial charge in [-0.25, -0.2) is 4.79 Å². The van der Waals surface area contributed by atoms with Crippen LogP contribution in [0.5, 0.6) is 0 Å². The highest BCUT2D eigenvalue weighted by molar-refractivity contribution is 5.99. The summed E-state index contributed by atoms with van der Waals surface area (Å²) in [6.45, 7) is 4.84. The van der Waals surface area contributed by atoms with Crippen molar-refractivity contribution in [3.8, 4) is 6.07 Å². The van der Waals surface area contributed by atoms with Gasteiger partial charge in [0.15, 0.2) is 6.10 Å². The van der Waals surface area contributed by atoms with Gasteiger partial charge in [0.05, 0.1) is 0 Å². The number of rotatable bonds is 6. The summed E-state index contributed by atoms with van der Waals surface area (Å²) in [5.41, 5.74) is 3.02. The summed E-state index contributed by atoms with van der Waals surface area (Å²) in [6, 6.07) is 19.7. The van der Waals surface area contributed by atoms with E-state index in [9.17, 15) is 14.9 Å². The second-order valence-electron chi connectivity index (χ2n) is 8.09. The molecule has 5 heteroatoms. The molecule has 3 rings (SSSR count). The number of carbonyl (C=O) groups is 2. The molecule has 0 bridgehead atoms. The van der Waals surface area contributed by atoms with Crippen LogP contribution in [0.2, 0.25) is 0 Å². The first-order chi connectivity index (χ1) is 15.0. The van der Waals surface area contributed by atoms with Crippen molar-refractivity contribution in [3.63, 3.8) is 0 Å². The van der Waals surface area contributed by atoms with Crippen molar-refractivity contribution in [1.82, 2.24) is 4.90 Å². The van der Waals surface area contributed by atoms with E-state index in [1.807, 2.05) is 55.5 Å². The van der Waals surface area contributed by atoms with Gasteiger partial charge >= 0.3 is 5.97 Å². The molecule has 0 aromatic heterocycles. The smallest absolute Gasteiger partial charge is 0.349 e. The van der Waals surface area contributed by atoms with Gasteiger partial charge in [-0.2, -0.15) is 5.26 Å². The van der Waals surface area contributed by atoms with Crippen molar-refractivity contribution < 1.29 is 14.3 Å². The minimum Gasteiger partial charge on any atom is -0.448 e. The van der Waals surface area contributed by atoms with E-state index in [-0.39, 0.29) is 11.5 Å². The van der Waals surface area contributed by atoms with Crippen LogP contribution in [0.4, 0.5) is 0 Å². The molecule has 0 spiro atoms. The molecular weight excluding hydrogens is 388 g/mol. The van der Waals surface area contributed by atoms with Gasteiger partial charge in [0.1, 0.15) is 11.6 Å². The van der Waals surface area contributed by atoms with Crippen molar-refractivity contribution >= 4 is 18.0 Å². The molecule has 0 radical (unpaired) electrons. The van der Waals surface area contributed by atoms with Crippen molar-refractivity contribution in [2.24, 2.45) is 5.92 Å². The van der Waals surface area contributed by atoms with Crippen molar-refractivity contribution in [1.29, 1.82) is 5.26 Å². The molecule has 1 atom stereocenters. The molecule has 1 heterocycles. The minimum absolute atomic E-state index is 0.120. The molecule has 2 aromatic carbocycles. The zero-order valence-corrected chi connectivity index (χ0v) is 18.1. The SMILES string of the molecule is Cc1ccc(/C=C(\C#N)C(=O)O[C@@H](C)C(=O)N2CCC(Cc3ccccc3)CC2)cc1. The maximum atomic E-state index is 12.8. The summed E-state index contributed by atoms with van der Waals surface area (Å²) in [5, 5.41) is 9.35. The monoisotopic (exact) mass is 416 g/mol. The zero-order valence-electron chi connectivity index (χ0n) is 18.1. The standard InChI is InChI=1S/C26H28N2O3/c1-19-8-10-22(11-9-19)17-24(18-27)26(30)31-20(2)25(29)28-14-12-23(13-15-28)16-21-6-4-3-5-7-21/h3-11,17,20,23H,12-16H2,1-2H3/b24-17+/t20-/m0/s1. The molecule has 1 fully saturated rings. The second-order valence-corrected chi connectivity index (χ2v) is 8.09. The lowest BCUT2D eigenvalue weighted by Gasteiger charge is -2.33. The van der Waals surface area contributed by atoms with Crippen LogP contribution in [-0.4, -0.2) is 36.0 Å². The predicted octanol–water partition coefficient (Wildman–Crippen LogP) is 4.32. The van der Waals surface area contributed by atoms with Crippen molar-refractivity contribution in [2.45, 2.75) is 39.2 Å². The van der Waals surface area contributed by atoms with Gasteiger partial charge in [0.2, 0.25) is 0 Å². The number of carbonyl (C=O) groups excluding carboxylic acids is 2. The van der Waals surface area contributed by atoms with Gasteiger partial charge in [0, 0.05) is 13.1 Å². The highest BCUT2D eigenvalue weighted by atomic mass is 16.5. The Morgan fingerprint density at radius 1 is 1.13 bits per heavy atom. The lowest BCUT2D eigenvalue weighted by atomic mass is 9.90. The third kappa shape index (κ3) is 6.29. The van der Waals surface area contributed by atoms with Crippen LogP contribution in [0.25, 0.3) is 6.08 Å². The lowest BCUT2D eigenvalue weighted by Crippen LogP contribution is -2.44. The molecule has 160 valence electrons. The molecule has 1 aliphatic heterocycles. The van der Waals surface area contributed by atoms with E-state index < -0.39 is 12.1 Å². The molecule has 0 aliphatic carbocycles. The highest BCUT2D eigenvalue weighted by Gasteiger charge is 2.28. The maximum Gasteiger partial charge on any atom is 0.349 e. The first kappa shape index (κ1) is 22.3. The van der Waals surface area contributed by atoms with E-state index in [1.165, 1.54) is 11.6 Å². The normalized spacial score (nSPS) is 15.8. The Labute approximate surface area is 183 Å². The number of likely N-dealkylation sites (tertiary alicyclic amines) is 1. The number of piperidine rings is 1. The summed E-state index contributed by atoms with van der Waals surface area (Å²) in [6.07, 6.45) is 3.43. The number of benzene rings is 2. The molecule has 1 saturated heterocycles. The Morgan fingerprint density at radius 2 is 1.77 bits per heavy atom. The number of hydrogen-bond donors (Lipinski definition) is 0. The Hall–Kier alpha value is -3.39. The Kier molecular flexibility index (Phi) is 7.61. The van der Waals surface area contributed by atoms with Crippen LogP contribution < -0.4 is 0 Å². The van der Waals surface area contributed by atoms with E-state index >= 15 is 0 Å². The quantitative estimate of drug-likeness (QED) is 0.400. The predicted molar refractivity (Wildman–Crippen MR) is 120 cm³/mol. The van der Waals surface area contributed by atoms with Crippen molar-refractivity contribution in [3.05, 3.63) is 76.9 Å². The molecule has 31 heavy (non-hydrogen) atoms. The van der Waals surface area contributed by atoms with Gasteiger partial charge in [-0.05, 0) is 56.2 Å². The zero-order chi connectivity index (χ0) is 22.2. The number of hydrogen-bond acceptors (Lipinski definition) is 4. The molecule has 0 N–H and O–H groups in total. The van der Waals surface area contributed by atoms with Gasteiger partial charge in [0.25, 0.3) is 5.91 Å². The number of nitrogens with zero attached hydrogens (tertiary/aromatic N) is 2. The molecule has 1 amide bonds. The van der Waals surface area contributed by atoms with E-state index in [2.05, 4.69) is 12.1 Å². The molecular formula is C26H28N2O3. The van der Waals surface area contributed by atoms with Gasteiger partial charge < -0.3 is 9.64 Å². The van der Waals surface area contributed by atoms with Crippen LogP contribution in [0.3, 0.4) is 0 Å².